The van der Waals surface area contributed by atoms with Crippen LogP contribution in [-0.2, 0) is 11.3 Å². The predicted octanol–water partition coefficient (Wildman–Crippen LogP) is 2.48. The fourth-order valence-electron chi connectivity index (χ4n) is 1.98. The van der Waals surface area contributed by atoms with E-state index >= 15 is 0 Å². The summed E-state index contributed by atoms with van der Waals surface area (Å²) in [7, 11) is 0. The van der Waals surface area contributed by atoms with E-state index in [0.717, 1.165) is 32.4 Å². The van der Waals surface area contributed by atoms with Gasteiger partial charge in [-0.2, -0.15) is 0 Å². The Morgan fingerprint density at radius 2 is 2.12 bits per heavy atom. The number of hydrogen-bond acceptors (Lipinski definition) is 2. The van der Waals surface area contributed by atoms with E-state index in [1.807, 2.05) is 6.07 Å². The molecule has 0 amide bonds. The van der Waals surface area contributed by atoms with Crippen LogP contribution < -0.4 is 5.32 Å². The average Bonchev–Trinajstić information content (AvgIpc) is 2.56. The van der Waals surface area contributed by atoms with E-state index in [1.165, 1.54) is 6.07 Å². The van der Waals surface area contributed by atoms with Crippen molar-refractivity contribution >= 4 is 0 Å². The lowest BCUT2D eigenvalue weighted by molar-refractivity contribution is 0.0316. The number of ether oxygens (including phenoxy) is 1. The maximum Gasteiger partial charge on any atom is 0.128 e. The molecule has 1 aliphatic rings. The molecule has 0 aliphatic carbocycles. The zero-order valence-corrected chi connectivity index (χ0v) is 9.42. The van der Waals surface area contributed by atoms with E-state index in [4.69, 9.17) is 4.74 Å². The van der Waals surface area contributed by atoms with Crippen LogP contribution in [0.15, 0.2) is 24.3 Å². The summed E-state index contributed by atoms with van der Waals surface area (Å²) in [5, 5.41) is 3.33. The number of nitrogens with one attached hydrogen (secondary N) is 1. The Morgan fingerprint density at radius 1 is 1.25 bits per heavy atom. The van der Waals surface area contributed by atoms with Crippen molar-refractivity contribution in [2.24, 2.45) is 0 Å². The Balaban J connectivity index is 1.84. The highest BCUT2D eigenvalue weighted by atomic mass is 19.1. The van der Waals surface area contributed by atoms with Gasteiger partial charge in [0.05, 0.1) is 12.7 Å². The van der Waals surface area contributed by atoms with Crippen molar-refractivity contribution in [3.05, 3.63) is 35.6 Å². The largest absolute Gasteiger partial charge is 0.373 e. The van der Waals surface area contributed by atoms with E-state index < -0.39 is 0 Å². The molecule has 0 saturated carbocycles. The first-order valence-electron chi connectivity index (χ1n) is 5.92. The summed E-state index contributed by atoms with van der Waals surface area (Å²) in [6, 6.07) is 6.81. The standard InChI is InChI=1S/C13H18FNO/c14-13-6-2-1-4-11(13)10-16-12-5-3-8-15-9-7-12/h1-2,4,6,12,15H,3,5,7-10H2. The average molecular weight is 223 g/mol. The van der Waals surface area contributed by atoms with Crippen LogP contribution in [0.5, 0.6) is 0 Å². The van der Waals surface area contributed by atoms with Crippen LogP contribution in [0.2, 0.25) is 0 Å². The van der Waals surface area contributed by atoms with Gasteiger partial charge in [-0.1, -0.05) is 18.2 Å². The molecule has 0 bridgehead atoms. The first-order valence-corrected chi connectivity index (χ1v) is 5.92. The summed E-state index contributed by atoms with van der Waals surface area (Å²) in [6.45, 7) is 2.46. The van der Waals surface area contributed by atoms with Crippen molar-refractivity contribution in [3.63, 3.8) is 0 Å². The van der Waals surface area contributed by atoms with Gasteiger partial charge in [-0.05, 0) is 38.4 Å². The molecule has 0 radical (unpaired) electrons. The zero-order chi connectivity index (χ0) is 11.2. The molecule has 2 rings (SSSR count). The van der Waals surface area contributed by atoms with E-state index in [-0.39, 0.29) is 11.9 Å². The van der Waals surface area contributed by atoms with Gasteiger partial charge in [-0.3, -0.25) is 0 Å². The Kier molecular flexibility index (Phi) is 4.31. The van der Waals surface area contributed by atoms with Crippen molar-refractivity contribution in [1.29, 1.82) is 0 Å². The summed E-state index contributed by atoms with van der Waals surface area (Å²) in [5.74, 6) is -0.172. The SMILES string of the molecule is Fc1ccccc1COC1CCCNCC1. The quantitative estimate of drug-likeness (QED) is 0.850. The maximum absolute atomic E-state index is 13.3. The fourth-order valence-corrected chi connectivity index (χ4v) is 1.98. The minimum Gasteiger partial charge on any atom is -0.373 e. The van der Waals surface area contributed by atoms with E-state index in [1.54, 1.807) is 12.1 Å². The van der Waals surface area contributed by atoms with Crippen molar-refractivity contribution in [2.45, 2.75) is 32.0 Å². The summed E-state index contributed by atoms with van der Waals surface area (Å²) >= 11 is 0. The molecule has 1 atom stereocenters. The number of rotatable bonds is 3. The Morgan fingerprint density at radius 3 is 3.00 bits per heavy atom. The highest BCUT2D eigenvalue weighted by Crippen LogP contribution is 2.14. The molecule has 1 saturated heterocycles. The zero-order valence-electron chi connectivity index (χ0n) is 9.42. The lowest BCUT2D eigenvalue weighted by atomic mass is 10.1. The second-order valence-corrected chi connectivity index (χ2v) is 4.21. The molecule has 16 heavy (non-hydrogen) atoms. The van der Waals surface area contributed by atoms with Crippen molar-refractivity contribution in [3.8, 4) is 0 Å². The fraction of sp³-hybridized carbons (Fsp3) is 0.538. The smallest absolute Gasteiger partial charge is 0.128 e. The van der Waals surface area contributed by atoms with Gasteiger partial charge in [0, 0.05) is 5.56 Å². The minimum absolute atomic E-state index is 0.172. The molecular weight excluding hydrogens is 205 g/mol. The monoisotopic (exact) mass is 223 g/mol. The molecule has 1 aromatic rings. The molecule has 0 spiro atoms. The number of halogens is 1. The van der Waals surface area contributed by atoms with Gasteiger partial charge in [0.25, 0.3) is 0 Å². The lowest BCUT2D eigenvalue weighted by Crippen LogP contribution is -2.17. The van der Waals surface area contributed by atoms with Gasteiger partial charge in [-0.15, -0.1) is 0 Å². The normalized spacial score (nSPS) is 21.7. The second-order valence-electron chi connectivity index (χ2n) is 4.21. The molecule has 1 heterocycles. The van der Waals surface area contributed by atoms with E-state index in [9.17, 15) is 4.39 Å². The van der Waals surface area contributed by atoms with Crippen LogP contribution >= 0.6 is 0 Å². The highest BCUT2D eigenvalue weighted by molar-refractivity contribution is 5.16. The molecule has 1 unspecified atom stereocenters. The Bertz CT molecular complexity index is 321. The minimum atomic E-state index is -0.172. The van der Waals surface area contributed by atoms with E-state index in [0.29, 0.717) is 12.2 Å². The van der Waals surface area contributed by atoms with Crippen LogP contribution in [0, 0.1) is 5.82 Å². The molecule has 1 N–H and O–H groups in total. The molecule has 3 heteroatoms. The molecule has 0 aromatic heterocycles. The highest BCUT2D eigenvalue weighted by Gasteiger charge is 2.12. The van der Waals surface area contributed by atoms with Crippen molar-refractivity contribution < 1.29 is 9.13 Å². The van der Waals surface area contributed by atoms with Gasteiger partial charge in [0.2, 0.25) is 0 Å². The first kappa shape index (κ1) is 11.6. The van der Waals surface area contributed by atoms with Crippen LogP contribution in [0.1, 0.15) is 24.8 Å². The summed E-state index contributed by atoms with van der Waals surface area (Å²) in [5.41, 5.74) is 0.653. The lowest BCUT2D eigenvalue weighted by Gasteiger charge is -2.15. The molecule has 2 nitrogen and oxygen atoms in total. The van der Waals surface area contributed by atoms with Gasteiger partial charge in [0.1, 0.15) is 5.82 Å². The molecular formula is C13H18FNO. The Labute approximate surface area is 95.8 Å². The van der Waals surface area contributed by atoms with Gasteiger partial charge >= 0.3 is 0 Å². The Hall–Kier alpha value is -0.930. The summed E-state index contributed by atoms with van der Waals surface area (Å²) in [4.78, 5) is 0. The third kappa shape index (κ3) is 3.29. The molecule has 88 valence electrons. The van der Waals surface area contributed by atoms with Crippen molar-refractivity contribution in [1.82, 2.24) is 5.32 Å². The first-order chi connectivity index (χ1) is 7.86. The van der Waals surface area contributed by atoms with Gasteiger partial charge < -0.3 is 10.1 Å². The summed E-state index contributed by atoms with van der Waals surface area (Å²) < 4.78 is 19.1. The van der Waals surface area contributed by atoms with E-state index in [2.05, 4.69) is 5.32 Å². The van der Waals surface area contributed by atoms with Gasteiger partial charge in [-0.25, -0.2) is 4.39 Å². The number of benzene rings is 1. The topological polar surface area (TPSA) is 21.3 Å². The number of hydrogen-bond donors (Lipinski definition) is 1. The molecule has 1 aromatic carbocycles. The van der Waals surface area contributed by atoms with Crippen LogP contribution in [-0.4, -0.2) is 19.2 Å². The molecule has 1 aliphatic heterocycles. The van der Waals surface area contributed by atoms with Crippen LogP contribution in [0.25, 0.3) is 0 Å². The van der Waals surface area contributed by atoms with Gasteiger partial charge in [0.15, 0.2) is 0 Å². The molecule has 1 fully saturated rings. The van der Waals surface area contributed by atoms with Crippen molar-refractivity contribution in [2.75, 3.05) is 13.1 Å². The predicted molar refractivity (Wildman–Crippen MR) is 61.7 cm³/mol. The van der Waals surface area contributed by atoms with Crippen LogP contribution in [0.4, 0.5) is 4.39 Å². The second kappa shape index (κ2) is 5.97. The maximum atomic E-state index is 13.3. The van der Waals surface area contributed by atoms with Crippen LogP contribution in [0.3, 0.4) is 0 Å². The third-order valence-corrected chi connectivity index (χ3v) is 2.96. The summed E-state index contributed by atoms with van der Waals surface area (Å²) in [6.07, 6.45) is 3.51. The third-order valence-electron chi connectivity index (χ3n) is 2.96.